The number of ether oxygens (including phenoxy) is 2. The number of hydrogen-bond acceptors (Lipinski definition) is 4. The second-order valence-corrected chi connectivity index (χ2v) is 7.84. The first kappa shape index (κ1) is 21.0. The summed E-state index contributed by atoms with van der Waals surface area (Å²) in [5.74, 6) is 1.04. The van der Waals surface area contributed by atoms with Gasteiger partial charge in [0, 0.05) is 17.8 Å². The number of benzene rings is 2. The maximum absolute atomic E-state index is 13.5. The normalized spacial score (nSPS) is 18.6. The van der Waals surface area contributed by atoms with Crippen molar-refractivity contribution in [3.8, 4) is 11.5 Å². The molecule has 1 aliphatic heterocycles. The van der Waals surface area contributed by atoms with Crippen LogP contribution in [0.25, 0.3) is 0 Å². The molecule has 0 spiro atoms. The van der Waals surface area contributed by atoms with Crippen LogP contribution >= 0.6 is 0 Å². The van der Waals surface area contributed by atoms with Crippen LogP contribution in [-0.4, -0.2) is 48.7 Å². The van der Waals surface area contributed by atoms with E-state index in [2.05, 4.69) is 0 Å². The van der Waals surface area contributed by atoms with Crippen molar-refractivity contribution in [3.63, 3.8) is 0 Å². The molecule has 0 N–H and O–H groups in total. The molecule has 0 bridgehead atoms. The average molecular weight is 400 g/mol. The number of rotatable bonds is 7. The number of amides is 1. The van der Waals surface area contributed by atoms with E-state index in [0.717, 1.165) is 11.4 Å². The third-order valence-corrected chi connectivity index (χ3v) is 5.19. The van der Waals surface area contributed by atoms with Crippen LogP contribution in [0.3, 0.4) is 0 Å². The van der Waals surface area contributed by atoms with Crippen LogP contribution in [0.4, 0.5) is 10.1 Å². The molecule has 2 aromatic rings. The summed E-state index contributed by atoms with van der Waals surface area (Å²) in [7, 11) is 1.63. The minimum atomic E-state index is -0.446. The van der Waals surface area contributed by atoms with Gasteiger partial charge in [0.1, 0.15) is 29.5 Å². The number of nitrogens with zero attached hydrogens (tertiary/aromatic N) is 2. The summed E-state index contributed by atoms with van der Waals surface area (Å²) in [6.07, 6.45) is -0.310. The van der Waals surface area contributed by atoms with Gasteiger partial charge in [-0.05, 0) is 76.2 Å². The van der Waals surface area contributed by atoms with Crippen LogP contribution in [0, 0.1) is 5.82 Å². The van der Waals surface area contributed by atoms with E-state index in [1.54, 1.807) is 19.2 Å². The Morgan fingerprint density at radius 1 is 1.00 bits per heavy atom. The van der Waals surface area contributed by atoms with Crippen LogP contribution < -0.4 is 14.4 Å². The molecule has 2 aromatic carbocycles. The van der Waals surface area contributed by atoms with E-state index in [9.17, 15) is 9.18 Å². The summed E-state index contributed by atoms with van der Waals surface area (Å²) >= 11 is 0. The maximum atomic E-state index is 13.5. The standard InChI is InChI=1S/C23H29FN2O3/c1-15(2)26(16(3)4)23(27)22-21(29-20-10-6-17(24)7-11-20)14-25(22)18-8-12-19(28-5)13-9-18/h6-13,15-16,21-22H,14H2,1-5H3/t21-,22+/m1/s1. The SMILES string of the molecule is COc1ccc(N2C[C@@H](Oc3ccc(F)cc3)[C@H]2C(=O)N(C(C)C)C(C)C)cc1. The molecule has 1 saturated heterocycles. The largest absolute Gasteiger partial charge is 0.497 e. The molecule has 5 nitrogen and oxygen atoms in total. The minimum Gasteiger partial charge on any atom is -0.497 e. The third-order valence-electron chi connectivity index (χ3n) is 5.19. The first-order chi connectivity index (χ1) is 13.8. The topological polar surface area (TPSA) is 42.0 Å². The highest BCUT2D eigenvalue weighted by molar-refractivity contribution is 5.88. The monoisotopic (exact) mass is 400 g/mol. The molecule has 0 aromatic heterocycles. The molecule has 0 saturated carbocycles. The van der Waals surface area contributed by atoms with Crippen molar-refractivity contribution in [2.24, 2.45) is 0 Å². The number of hydrogen-bond donors (Lipinski definition) is 0. The van der Waals surface area contributed by atoms with Gasteiger partial charge in [0.05, 0.1) is 13.7 Å². The molecule has 1 fully saturated rings. The Morgan fingerprint density at radius 2 is 1.55 bits per heavy atom. The van der Waals surface area contributed by atoms with Crippen molar-refractivity contribution < 1.29 is 18.7 Å². The Balaban J connectivity index is 1.86. The molecule has 6 heteroatoms. The van der Waals surface area contributed by atoms with Gasteiger partial charge in [-0.2, -0.15) is 0 Å². The van der Waals surface area contributed by atoms with E-state index in [1.807, 2.05) is 61.8 Å². The lowest BCUT2D eigenvalue weighted by molar-refractivity contribution is -0.140. The molecular weight excluding hydrogens is 371 g/mol. The van der Waals surface area contributed by atoms with Gasteiger partial charge in [-0.3, -0.25) is 4.79 Å². The van der Waals surface area contributed by atoms with E-state index in [1.165, 1.54) is 12.1 Å². The second kappa shape index (κ2) is 8.72. The molecule has 29 heavy (non-hydrogen) atoms. The van der Waals surface area contributed by atoms with Gasteiger partial charge in [0.2, 0.25) is 5.91 Å². The zero-order valence-electron chi connectivity index (χ0n) is 17.6. The van der Waals surface area contributed by atoms with Gasteiger partial charge >= 0.3 is 0 Å². The van der Waals surface area contributed by atoms with Crippen LogP contribution in [0.15, 0.2) is 48.5 Å². The summed E-state index contributed by atoms with van der Waals surface area (Å²) in [5, 5.41) is 0. The summed E-state index contributed by atoms with van der Waals surface area (Å²) in [6, 6.07) is 13.3. The van der Waals surface area contributed by atoms with Crippen molar-refractivity contribution >= 4 is 11.6 Å². The lowest BCUT2D eigenvalue weighted by Gasteiger charge is -2.50. The van der Waals surface area contributed by atoms with E-state index in [-0.39, 0.29) is 29.9 Å². The number of methoxy groups -OCH3 is 1. The molecule has 1 heterocycles. The van der Waals surface area contributed by atoms with Gasteiger partial charge in [-0.25, -0.2) is 4.39 Å². The number of carbonyl (C=O) groups excluding carboxylic acids is 1. The van der Waals surface area contributed by atoms with Gasteiger partial charge in [-0.1, -0.05) is 0 Å². The summed E-state index contributed by atoms with van der Waals surface area (Å²) in [5.41, 5.74) is 0.940. The molecule has 3 rings (SSSR count). The first-order valence-electron chi connectivity index (χ1n) is 9.97. The lowest BCUT2D eigenvalue weighted by atomic mass is 9.94. The van der Waals surface area contributed by atoms with E-state index < -0.39 is 6.04 Å². The molecular formula is C23H29FN2O3. The fraction of sp³-hybridized carbons (Fsp3) is 0.435. The summed E-state index contributed by atoms with van der Waals surface area (Å²) < 4.78 is 24.5. The fourth-order valence-corrected chi connectivity index (χ4v) is 3.85. The smallest absolute Gasteiger partial charge is 0.249 e. The summed E-state index contributed by atoms with van der Waals surface area (Å²) in [4.78, 5) is 17.4. The number of anilines is 1. The molecule has 1 aliphatic rings. The minimum absolute atomic E-state index is 0.0316. The van der Waals surface area contributed by atoms with Crippen LogP contribution in [-0.2, 0) is 4.79 Å². The highest BCUT2D eigenvalue weighted by atomic mass is 19.1. The predicted molar refractivity (Wildman–Crippen MR) is 112 cm³/mol. The predicted octanol–water partition coefficient (Wildman–Crippen LogP) is 4.12. The summed E-state index contributed by atoms with van der Waals surface area (Å²) in [6.45, 7) is 8.65. The Hall–Kier alpha value is -2.76. The highest BCUT2D eigenvalue weighted by Gasteiger charge is 2.48. The Labute approximate surface area is 172 Å². The van der Waals surface area contributed by atoms with Gasteiger partial charge in [-0.15, -0.1) is 0 Å². The molecule has 1 amide bonds. The van der Waals surface area contributed by atoms with Crippen molar-refractivity contribution in [1.29, 1.82) is 0 Å². The zero-order chi connectivity index (χ0) is 21.1. The second-order valence-electron chi connectivity index (χ2n) is 7.84. The van der Waals surface area contributed by atoms with Crippen LogP contribution in [0.5, 0.6) is 11.5 Å². The van der Waals surface area contributed by atoms with E-state index in [4.69, 9.17) is 9.47 Å². The third kappa shape index (κ3) is 4.47. The molecule has 0 radical (unpaired) electrons. The Morgan fingerprint density at radius 3 is 2.07 bits per heavy atom. The number of halogens is 1. The Bertz CT molecular complexity index is 813. The first-order valence-corrected chi connectivity index (χ1v) is 9.97. The van der Waals surface area contributed by atoms with Crippen LogP contribution in [0.2, 0.25) is 0 Å². The number of carbonyl (C=O) groups is 1. The average Bonchev–Trinajstić information content (AvgIpc) is 2.65. The molecule has 2 atom stereocenters. The Kier molecular flexibility index (Phi) is 6.30. The lowest BCUT2D eigenvalue weighted by Crippen LogP contribution is -2.70. The molecule has 156 valence electrons. The molecule has 0 aliphatic carbocycles. The van der Waals surface area contributed by atoms with E-state index in [0.29, 0.717) is 12.3 Å². The zero-order valence-corrected chi connectivity index (χ0v) is 17.6. The molecule has 0 unspecified atom stereocenters. The quantitative estimate of drug-likeness (QED) is 0.701. The van der Waals surface area contributed by atoms with Crippen molar-refractivity contribution in [2.45, 2.75) is 51.9 Å². The highest BCUT2D eigenvalue weighted by Crippen LogP contribution is 2.33. The van der Waals surface area contributed by atoms with Gasteiger partial charge < -0.3 is 19.3 Å². The van der Waals surface area contributed by atoms with Crippen molar-refractivity contribution in [3.05, 3.63) is 54.3 Å². The van der Waals surface area contributed by atoms with Gasteiger partial charge in [0.15, 0.2) is 0 Å². The fourth-order valence-electron chi connectivity index (χ4n) is 3.85. The van der Waals surface area contributed by atoms with Crippen molar-refractivity contribution in [1.82, 2.24) is 4.90 Å². The van der Waals surface area contributed by atoms with Gasteiger partial charge in [0.25, 0.3) is 0 Å². The van der Waals surface area contributed by atoms with E-state index >= 15 is 0 Å². The van der Waals surface area contributed by atoms with Crippen molar-refractivity contribution in [2.75, 3.05) is 18.6 Å². The maximum Gasteiger partial charge on any atom is 0.249 e. The van der Waals surface area contributed by atoms with Crippen LogP contribution in [0.1, 0.15) is 27.7 Å².